The van der Waals surface area contributed by atoms with Crippen LogP contribution in [-0.2, 0) is 11.2 Å². The molecule has 2 aromatic carbocycles. The Morgan fingerprint density at radius 1 is 1.03 bits per heavy atom. The molecule has 1 aliphatic heterocycles. The lowest BCUT2D eigenvalue weighted by molar-refractivity contribution is -0.128. The second kappa shape index (κ2) is 10.1. The number of nitrogens with zero attached hydrogens (tertiary/aromatic N) is 4. The Morgan fingerprint density at radius 2 is 1.83 bits per heavy atom. The Labute approximate surface area is 186 Å². The van der Waals surface area contributed by atoms with Crippen molar-refractivity contribution in [3.63, 3.8) is 0 Å². The van der Waals surface area contributed by atoms with Gasteiger partial charge in [0.25, 0.3) is 0 Å². The van der Waals surface area contributed by atoms with Gasteiger partial charge in [0.15, 0.2) is 0 Å². The van der Waals surface area contributed by atoms with Gasteiger partial charge in [-0.05, 0) is 31.0 Å². The van der Waals surface area contributed by atoms with Crippen LogP contribution in [0.2, 0.25) is 0 Å². The molecule has 0 unspecified atom stereocenters. The van der Waals surface area contributed by atoms with Crippen molar-refractivity contribution in [1.29, 1.82) is 0 Å². The summed E-state index contributed by atoms with van der Waals surface area (Å²) >= 11 is 3.07. The number of benzene rings is 2. The van der Waals surface area contributed by atoms with Crippen molar-refractivity contribution in [3.8, 4) is 0 Å². The summed E-state index contributed by atoms with van der Waals surface area (Å²) in [5.74, 6) is 1.57. The zero-order chi connectivity index (χ0) is 20.8. The van der Waals surface area contributed by atoms with Gasteiger partial charge in [-0.25, -0.2) is 4.98 Å². The summed E-state index contributed by atoms with van der Waals surface area (Å²) < 4.78 is 4.56. The summed E-state index contributed by atoms with van der Waals surface area (Å²) in [5, 5.41) is 0.963. The van der Waals surface area contributed by atoms with E-state index in [0.717, 1.165) is 54.9 Å². The molecule has 1 aliphatic rings. The monoisotopic (exact) mass is 438 g/mol. The van der Waals surface area contributed by atoms with E-state index in [1.807, 2.05) is 35.2 Å². The van der Waals surface area contributed by atoms with Crippen LogP contribution in [0.25, 0.3) is 0 Å². The second-order valence-electron chi connectivity index (χ2n) is 7.48. The number of hydrogen-bond donors (Lipinski definition) is 0. The number of anilines is 1. The molecule has 0 atom stereocenters. The molecule has 7 heteroatoms. The van der Waals surface area contributed by atoms with E-state index in [4.69, 9.17) is 4.98 Å². The summed E-state index contributed by atoms with van der Waals surface area (Å²) in [4.78, 5) is 22.8. The van der Waals surface area contributed by atoms with Crippen molar-refractivity contribution in [1.82, 2.24) is 14.3 Å². The van der Waals surface area contributed by atoms with Crippen LogP contribution < -0.4 is 4.90 Å². The molecular formula is C23H26N4OS2. The Kier molecular flexibility index (Phi) is 7.02. The summed E-state index contributed by atoms with van der Waals surface area (Å²) in [6.45, 7) is 5.35. The fraction of sp³-hybridized carbons (Fsp3) is 0.348. The summed E-state index contributed by atoms with van der Waals surface area (Å²) in [6.07, 6.45) is 1.71. The van der Waals surface area contributed by atoms with Crippen LogP contribution in [0.1, 0.15) is 23.4 Å². The SMILES string of the molecule is Cc1ccc(Cc2nsc(N3CCCN(C(=O)CSc4ccccc4)CC3)n2)cc1. The van der Waals surface area contributed by atoms with Crippen molar-refractivity contribution < 1.29 is 4.79 Å². The van der Waals surface area contributed by atoms with E-state index in [9.17, 15) is 4.79 Å². The highest BCUT2D eigenvalue weighted by molar-refractivity contribution is 8.00. The highest BCUT2D eigenvalue weighted by atomic mass is 32.2. The second-order valence-corrected chi connectivity index (χ2v) is 9.26. The third-order valence-corrected chi connectivity index (χ3v) is 6.98. The van der Waals surface area contributed by atoms with Crippen molar-refractivity contribution >= 4 is 34.3 Å². The van der Waals surface area contributed by atoms with Gasteiger partial charge in [-0.2, -0.15) is 4.37 Å². The molecule has 0 radical (unpaired) electrons. The Hall–Kier alpha value is -2.38. The van der Waals surface area contributed by atoms with E-state index in [1.54, 1.807) is 11.8 Å². The van der Waals surface area contributed by atoms with Gasteiger partial charge in [0, 0.05) is 49.0 Å². The number of amides is 1. The highest BCUT2D eigenvalue weighted by Gasteiger charge is 2.21. The minimum atomic E-state index is 0.211. The molecule has 0 bridgehead atoms. The molecule has 2 heterocycles. The lowest BCUT2D eigenvalue weighted by atomic mass is 10.1. The normalized spacial score (nSPS) is 14.6. The predicted molar refractivity (Wildman–Crippen MR) is 124 cm³/mol. The third-order valence-electron chi connectivity index (χ3n) is 5.16. The van der Waals surface area contributed by atoms with Gasteiger partial charge in [0.05, 0.1) is 5.75 Å². The molecule has 156 valence electrons. The van der Waals surface area contributed by atoms with Crippen LogP contribution >= 0.6 is 23.3 Å². The maximum Gasteiger partial charge on any atom is 0.232 e. The van der Waals surface area contributed by atoms with Crippen LogP contribution in [0.5, 0.6) is 0 Å². The zero-order valence-electron chi connectivity index (χ0n) is 17.2. The van der Waals surface area contributed by atoms with E-state index in [0.29, 0.717) is 5.75 Å². The van der Waals surface area contributed by atoms with Gasteiger partial charge in [0.2, 0.25) is 11.0 Å². The fourth-order valence-corrected chi connectivity index (χ4v) is 5.00. The Bertz CT molecular complexity index is 959. The van der Waals surface area contributed by atoms with Crippen LogP contribution in [0.4, 0.5) is 5.13 Å². The molecule has 30 heavy (non-hydrogen) atoms. The molecule has 0 aliphatic carbocycles. The van der Waals surface area contributed by atoms with Crippen molar-refractivity contribution in [3.05, 3.63) is 71.5 Å². The summed E-state index contributed by atoms with van der Waals surface area (Å²) in [5.41, 5.74) is 2.49. The average molecular weight is 439 g/mol. The first kappa shape index (κ1) is 20.9. The van der Waals surface area contributed by atoms with E-state index in [-0.39, 0.29) is 5.91 Å². The van der Waals surface area contributed by atoms with Gasteiger partial charge in [-0.15, -0.1) is 11.8 Å². The molecule has 5 nitrogen and oxygen atoms in total. The lowest BCUT2D eigenvalue weighted by Gasteiger charge is -2.21. The Balaban J connectivity index is 1.30. The maximum absolute atomic E-state index is 12.7. The van der Waals surface area contributed by atoms with Crippen LogP contribution in [0, 0.1) is 6.92 Å². The molecule has 1 amide bonds. The quantitative estimate of drug-likeness (QED) is 0.538. The van der Waals surface area contributed by atoms with Crippen LogP contribution in [0.3, 0.4) is 0 Å². The van der Waals surface area contributed by atoms with Gasteiger partial charge in [-0.3, -0.25) is 4.79 Å². The van der Waals surface area contributed by atoms with Gasteiger partial charge in [0.1, 0.15) is 5.82 Å². The van der Waals surface area contributed by atoms with Gasteiger partial charge < -0.3 is 9.80 Å². The van der Waals surface area contributed by atoms with E-state index >= 15 is 0 Å². The first-order chi connectivity index (χ1) is 14.7. The largest absolute Gasteiger partial charge is 0.345 e. The number of thioether (sulfide) groups is 1. The topological polar surface area (TPSA) is 49.3 Å². The first-order valence-corrected chi connectivity index (χ1v) is 12.0. The molecule has 1 saturated heterocycles. The number of rotatable bonds is 6. The van der Waals surface area contributed by atoms with Gasteiger partial charge in [-0.1, -0.05) is 48.0 Å². The van der Waals surface area contributed by atoms with Crippen LogP contribution in [-0.4, -0.2) is 52.1 Å². The summed E-state index contributed by atoms with van der Waals surface area (Å²) in [7, 11) is 0. The number of carbonyl (C=O) groups excluding carboxylic acids is 1. The van der Waals surface area contributed by atoms with Crippen molar-refractivity contribution in [2.45, 2.75) is 24.7 Å². The summed E-state index contributed by atoms with van der Waals surface area (Å²) in [6, 6.07) is 18.6. The average Bonchev–Trinajstić information content (AvgIpc) is 3.09. The smallest absolute Gasteiger partial charge is 0.232 e. The molecule has 1 fully saturated rings. The molecular weight excluding hydrogens is 412 g/mol. The molecule has 1 aromatic heterocycles. The third kappa shape index (κ3) is 5.61. The molecule has 3 aromatic rings. The predicted octanol–water partition coefficient (Wildman–Crippen LogP) is 4.27. The van der Waals surface area contributed by atoms with Crippen molar-refractivity contribution in [2.75, 3.05) is 36.8 Å². The molecule has 0 N–H and O–H groups in total. The minimum Gasteiger partial charge on any atom is -0.345 e. The van der Waals surface area contributed by atoms with Gasteiger partial charge >= 0.3 is 0 Å². The fourth-order valence-electron chi connectivity index (χ4n) is 3.44. The van der Waals surface area contributed by atoms with Crippen LogP contribution in [0.15, 0.2) is 59.5 Å². The maximum atomic E-state index is 12.7. The Morgan fingerprint density at radius 3 is 2.63 bits per heavy atom. The number of carbonyl (C=O) groups is 1. The van der Waals surface area contributed by atoms with E-state index in [2.05, 4.69) is 40.5 Å². The lowest BCUT2D eigenvalue weighted by Crippen LogP contribution is -2.36. The number of aryl methyl sites for hydroxylation is 1. The van der Waals surface area contributed by atoms with Crippen molar-refractivity contribution in [2.24, 2.45) is 0 Å². The minimum absolute atomic E-state index is 0.211. The number of hydrogen-bond acceptors (Lipinski definition) is 6. The first-order valence-electron chi connectivity index (χ1n) is 10.3. The van der Waals surface area contributed by atoms with E-state index in [1.165, 1.54) is 22.7 Å². The molecule has 0 spiro atoms. The van der Waals surface area contributed by atoms with E-state index < -0.39 is 0 Å². The zero-order valence-corrected chi connectivity index (χ0v) is 18.8. The molecule has 4 rings (SSSR count). The highest BCUT2D eigenvalue weighted by Crippen LogP contribution is 2.22. The number of aromatic nitrogens is 2. The standard InChI is InChI=1S/C23H26N4OS2/c1-18-8-10-19(11-9-18)16-21-24-23(30-25-21)27-13-5-12-26(14-15-27)22(28)17-29-20-6-3-2-4-7-20/h2-4,6-11H,5,12-17H2,1H3. The molecule has 0 saturated carbocycles.